The number of esters is 1. The van der Waals surface area contributed by atoms with E-state index in [1.807, 2.05) is 0 Å². The van der Waals surface area contributed by atoms with E-state index in [4.69, 9.17) is 16.3 Å². The van der Waals surface area contributed by atoms with Crippen LogP contribution in [0.3, 0.4) is 0 Å². The first-order valence-corrected chi connectivity index (χ1v) is 8.45. The minimum absolute atomic E-state index is 0.165. The summed E-state index contributed by atoms with van der Waals surface area (Å²) in [5.41, 5.74) is 5.87. The molecule has 7 heteroatoms. The van der Waals surface area contributed by atoms with Crippen molar-refractivity contribution in [3.8, 4) is 0 Å². The molecule has 0 aliphatic carbocycles. The number of halogens is 1. The molecule has 0 radical (unpaired) electrons. The highest BCUT2D eigenvalue weighted by atomic mass is 35.5. The van der Waals surface area contributed by atoms with Crippen molar-refractivity contribution < 1.29 is 19.1 Å². The average Bonchev–Trinajstić information content (AvgIpc) is 2.66. The lowest BCUT2D eigenvalue weighted by Gasteiger charge is -2.17. The molecule has 0 aromatic heterocycles. The lowest BCUT2D eigenvalue weighted by molar-refractivity contribution is -0.145. The second-order valence-corrected chi connectivity index (χ2v) is 5.84. The van der Waals surface area contributed by atoms with Gasteiger partial charge in [-0.1, -0.05) is 29.8 Å². The highest BCUT2D eigenvalue weighted by Crippen LogP contribution is 2.12. The van der Waals surface area contributed by atoms with E-state index in [1.165, 1.54) is 0 Å². The van der Waals surface area contributed by atoms with E-state index in [0.717, 1.165) is 0 Å². The lowest BCUT2D eigenvalue weighted by Crippen LogP contribution is -2.49. The van der Waals surface area contributed by atoms with Crippen molar-refractivity contribution in [3.05, 3.63) is 70.7 Å². The maximum absolute atomic E-state index is 12.4. The lowest BCUT2D eigenvalue weighted by atomic mass is 10.0. The first-order valence-electron chi connectivity index (χ1n) is 8.07. The van der Waals surface area contributed by atoms with Crippen LogP contribution in [0.5, 0.6) is 0 Å². The van der Waals surface area contributed by atoms with Crippen LogP contribution in [0.15, 0.2) is 54.6 Å². The van der Waals surface area contributed by atoms with E-state index in [-0.39, 0.29) is 18.8 Å². The molecule has 2 aromatic carbocycles. The minimum Gasteiger partial charge on any atom is -0.465 e. The third-order valence-electron chi connectivity index (χ3n) is 3.52. The summed E-state index contributed by atoms with van der Waals surface area (Å²) in [6, 6.07) is 13.8. The van der Waals surface area contributed by atoms with Crippen LogP contribution in [-0.2, 0) is 9.53 Å². The molecule has 0 saturated heterocycles. The normalized spacial score (nSPS) is 11.5. The van der Waals surface area contributed by atoms with Gasteiger partial charge in [0, 0.05) is 22.6 Å². The van der Waals surface area contributed by atoms with Gasteiger partial charge in [-0.2, -0.15) is 0 Å². The minimum atomic E-state index is -1.01. The number of ketones is 1. The molecule has 26 heavy (non-hydrogen) atoms. The van der Waals surface area contributed by atoms with E-state index in [9.17, 15) is 14.4 Å². The first kappa shape index (κ1) is 19.6. The molecule has 0 heterocycles. The summed E-state index contributed by atoms with van der Waals surface area (Å²) >= 11 is 5.81. The van der Waals surface area contributed by atoms with Gasteiger partial charge < -0.3 is 4.74 Å². The second kappa shape index (κ2) is 9.70. The average molecular weight is 375 g/mol. The molecule has 0 aliphatic rings. The van der Waals surface area contributed by atoms with E-state index in [2.05, 4.69) is 10.9 Å². The number of ether oxygens (including phenoxy) is 1. The Morgan fingerprint density at radius 2 is 1.65 bits per heavy atom. The number of benzene rings is 2. The number of carbonyl (C=O) groups excluding carboxylic acids is 3. The summed E-state index contributed by atoms with van der Waals surface area (Å²) in [6.07, 6.45) is -0.171. The maximum Gasteiger partial charge on any atom is 0.325 e. The Balaban J connectivity index is 2.03. The van der Waals surface area contributed by atoms with E-state index in [1.54, 1.807) is 61.5 Å². The summed E-state index contributed by atoms with van der Waals surface area (Å²) in [6.45, 7) is 1.83. The molecule has 2 aromatic rings. The number of nitrogens with one attached hydrogen (secondary N) is 2. The molecular formula is C19H19ClN2O4. The number of hydrogen-bond donors (Lipinski definition) is 2. The molecule has 2 rings (SSSR count). The van der Waals surface area contributed by atoms with Crippen LogP contribution in [-0.4, -0.2) is 30.3 Å². The maximum atomic E-state index is 12.4. The van der Waals surface area contributed by atoms with Gasteiger partial charge in [0.25, 0.3) is 5.91 Å². The van der Waals surface area contributed by atoms with Gasteiger partial charge in [-0.15, -0.1) is 0 Å². The summed E-state index contributed by atoms with van der Waals surface area (Å²) in [5, 5.41) is 0.511. The molecule has 0 bridgehead atoms. The van der Waals surface area contributed by atoms with Gasteiger partial charge in [0.15, 0.2) is 5.78 Å². The quantitative estimate of drug-likeness (QED) is 0.421. The molecule has 6 nitrogen and oxygen atoms in total. The predicted molar refractivity (Wildman–Crippen MR) is 97.9 cm³/mol. The summed E-state index contributed by atoms with van der Waals surface area (Å²) in [4.78, 5) is 36.6. The summed E-state index contributed by atoms with van der Waals surface area (Å²) in [7, 11) is 0. The van der Waals surface area contributed by atoms with Crippen LogP contribution < -0.4 is 10.9 Å². The topological polar surface area (TPSA) is 84.5 Å². The van der Waals surface area contributed by atoms with Gasteiger partial charge in [0.2, 0.25) is 0 Å². The van der Waals surface area contributed by atoms with Crippen LogP contribution in [0.4, 0.5) is 0 Å². The van der Waals surface area contributed by atoms with Crippen molar-refractivity contribution in [2.45, 2.75) is 19.4 Å². The second-order valence-electron chi connectivity index (χ2n) is 5.40. The molecule has 0 aliphatic heterocycles. The van der Waals surface area contributed by atoms with Gasteiger partial charge >= 0.3 is 5.97 Å². The van der Waals surface area contributed by atoms with Crippen LogP contribution in [0, 0.1) is 0 Å². The Hall–Kier alpha value is -2.70. The molecule has 2 N–H and O–H groups in total. The SMILES string of the molecule is CCOC(=O)[C@@H](CC(=O)c1ccc(Cl)cc1)NNC(=O)c1ccccc1. The van der Waals surface area contributed by atoms with E-state index < -0.39 is 17.9 Å². The number of hydrogen-bond acceptors (Lipinski definition) is 5. The Morgan fingerprint density at radius 3 is 2.27 bits per heavy atom. The fraction of sp³-hybridized carbons (Fsp3) is 0.211. The summed E-state index contributed by atoms with van der Waals surface area (Å²) in [5.74, 6) is -1.32. The van der Waals surface area contributed by atoms with Gasteiger partial charge in [-0.25, -0.2) is 5.43 Å². The third kappa shape index (κ3) is 5.68. The van der Waals surface area contributed by atoms with Crippen molar-refractivity contribution in [2.24, 2.45) is 0 Å². The van der Waals surface area contributed by atoms with Crippen LogP contribution in [0.1, 0.15) is 34.1 Å². The van der Waals surface area contributed by atoms with Crippen molar-refractivity contribution in [1.29, 1.82) is 0 Å². The number of amides is 1. The van der Waals surface area contributed by atoms with Crippen molar-refractivity contribution >= 4 is 29.3 Å². The number of carbonyl (C=O) groups is 3. The Kier molecular flexibility index (Phi) is 7.32. The van der Waals surface area contributed by atoms with Gasteiger partial charge in [0.1, 0.15) is 6.04 Å². The molecule has 0 unspecified atom stereocenters. The molecule has 136 valence electrons. The fourth-order valence-corrected chi connectivity index (χ4v) is 2.32. The fourth-order valence-electron chi connectivity index (χ4n) is 2.19. The van der Waals surface area contributed by atoms with Crippen LogP contribution in [0.2, 0.25) is 5.02 Å². The Labute approximate surface area is 156 Å². The molecular weight excluding hydrogens is 356 g/mol. The molecule has 1 atom stereocenters. The third-order valence-corrected chi connectivity index (χ3v) is 3.77. The molecule has 0 spiro atoms. The van der Waals surface area contributed by atoms with E-state index >= 15 is 0 Å². The van der Waals surface area contributed by atoms with Crippen molar-refractivity contribution in [1.82, 2.24) is 10.9 Å². The van der Waals surface area contributed by atoms with Crippen molar-refractivity contribution in [3.63, 3.8) is 0 Å². The van der Waals surface area contributed by atoms with E-state index in [0.29, 0.717) is 16.1 Å². The smallest absolute Gasteiger partial charge is 0.325 e. The van der Waals surface area contributed by atoms with Crippen LogP contribution in [0.25, 0.3) is 0 Å². The number of Topliss-reactive ketones (excluding diaryl/α,β-unsaturated/α-hetero) is 1. The first-order chi connectivity index (χ1) is 12.5. The molecule has 0 saturated carbocycles. The predicted octanol–water partition coefficient (Wildman–Crippen LogP) is 2.78. The van der Waals surface area contributed by atoms with Gasteiger partial charge in [-0.3, -0.25) is 19.8 Å². The monoisotopic (exact) mass is 374 g/mol. The molecule has 0 fully saturated rings. The zero-order chi connectivity index (χ0) is 18.9. The number of hydrazine groups is 1. The number of rotatable bonds is 8. The van der Waals surface area contributed by atoms with Gasteiger partial charge in [0.05, 0.1) is 6.61 Å². The zero-order valence-corrected chi connectivity index (χ0v) is 15.0. The Morgan fingerprint density at radius 1 is 1.00 bits per heavy atom. The van der Waals surface area contributed by atoms with Crippen LogP contribution >= 0.6 is 11.6 Å². The standard InChI is InChI=1S/C19H19ClN2O4/c1-2-26-19(25)16(12-17(23)13-8-10-15(20)11-9-13)21-22-18(24)14-6-4-3-5-7-14/h3-11,16,21H,2,12H2,1H3,(H,22,24)/t16-/m1/s1. The van der Waals surface area contributed by atoms with Gasteiger partial charge in [-0.05, 0) is 43.3 Å². The highest BCUT2D eigenvalue weighted by molar-refractivity contribution is 6.30. The zero-order valence-electron chi connectivity index (χ0n) is 14.2. The summed E-state index contributed by atoms with van der Waals surface area (Å²) < 4.78 is 4.97. The Bertz CT molecular complexity index is 763. The van der Waals surface area contributed by atoms with Crippen molar-refractivity contribution in [2.75, 3.05) is 6.61 Å². The molecule has 1 amide bonds. The largest absolute Gasteiger partial charge is 0.465 e. The highest BCUT2D eigenvalue weighted by Gasteiger charge is 2.24.